The lowest BCUT2D eigenvalue weighted by atomic mass is 10.2. The maximum Gasteiger partial charge on any atom is 0.191 e. The number of aliphatic imine (C=N–C) groups is 1. The molecule has 2 aromatic heterocycles. The lowest BCUT2D eigenvalue weighted by Crippen LogP contribution is -2.41. The molecule has 4 rings (SSSR count). The Morgan fingerprint density at radius 1 is 1.17 bits per heavy atom. The van der Waals surface area contributed by atoms with Gasteiger partial charge in [-0.3, -0.25) is 4.57 Å². The van der Waals surface area contributed by atoms with Crippen LogP contribution in [-0.4, -0.2) is 38.3 Å². The van der Waals surface area contributed by atoms with Crippen molar-refractivity contribution < 1.29 is 0 Å². The van der Waals surface area contributed by atoms with Gasteiger partial charge < -0.3 is 10.6 Å². The van der Waals surface area contributed by atoms with Gasteiger partial charge in [-0.25, -0.2) is 15.0 Å². The van der Waals surface area contributed by atoms with Gasteiger partial charge in [0.1, 0.15) is 12.1 Å². The predicted molar refractivity (Wildman–Crippen MR) is 118 cm³/mol. The first-order chi connectivity index (χ1) is 14.3. The van der Waals surface area contributed by atoms with Crippen molar-refractivity contribution in [1.82, 2.24) is 25.2 Å². The molecule has 0 radical (unpaired) electrons. The molecule has 1 aliphatic carbocycles. The topological polar surface area (TPSA) is 67.1 Å². The quantitative estimate of drug-likeness (QED) is 0.442. The van der Waals surface area contributed by atoms with Gasteiger partial charge in [0.15, 0.2) is 5.96 Å². The summed E-state index contributed by atoms with van der Waals surface area (Å²) in [5, 5.41) is 6.90. The standard InChI is InChI=1S/C22H26N6S/c1-2-24-21(27-16-22(9-10-22)29-19-6-4-3-5-7-19)26-15-18-8-11-25-20(14-18)28-13-12-23-17-28/h3-8,11-14,17H,2,9-10,15-16H2,1H3,(H2,24,26,27). The van der Waals surface area contributed by atoms with E-state index in [0.717, 1.165) is 30.4 Å². The highest BCUT2D eigenvalue weighted by Crippen LogP contribution is 2.51. The van der Waals surface area contributed by atoms with Gasteiger partial charge >= 0.3 is 0 Å². The summed E-state index contributed by atoms with van der Waals surface area (Å²) in [5.41, 5.74) is 1.11. The first kappa shape index (κ1) is 19.5. The molecule has 2 N–H and O–H groups in total. The highest BCUT2D eigenvalue weighted by Gasteiger charge is 2.43. The Labute approximate surface area is 175 Å². The first-order valence-corrected chi connectivity index (χ1v) is 10.8. The molecule has 2 heterocycles. The maximum atomic E-state index is 4.78. The number of guanidine groups is 1. The molecule has 6 nitrogen and oxygen atoms in total. The van der Waals surface area contributed by atoms with Crippen LogP contribution < -0.4 is 10.6 Å². The van der Waals surface area contributed by atoms with Crippen LogP contribution in [0.1, 0.15) is 25.3 Å². The number of benzene rings is 1. The molecule has 0 atom stereocenters. The number of imidazole rings is 1. The van der Waals surface area contributed by atoms with Crippen molar-refractivity contribution in [3.8, 4) is 5.82 Å². The molecule has 1 aromatic carbocycles. The Balaban J connectivity index is 1.38. The summed E-state index contributed by atoms with van der Waals surface area (Å²) in [7, 11) is 0. The van der Waals surface area contributed by atoms with Gasteiger partial charge in [-0.05, 0) is 49.6 Å². The Morgan fingerprint density at radius 2 is 2.03 bits per heavy atom. The lowest BCUT2D eigenvalue weighted by Gasteiger charge is -2.18. The normalized spacial score (nSPS) is 15.1. The van der Waals surface area contributed by atoms with Crippen LogP contribution >= 0.6 is 11.8 Å². The molecular weight excluding hydrogens is 380 g/mol. The van der Waals surface area contributed by atoms with Crippen molar-refractivity contribution in [2.45, 2.75) is 36.0 Å². The van der Waals surface area contributed by atoms with E-state index in [4.69, 9.17) is 4.99 Å². The monoisotopic (exact) mass is 406 g/mol. The summed E-state index contributed by atoms with van der Waals surface area (Å²) in [6.07, 6.45) is 9.67. The molecule has 1 aliphatic rings. The summed E-state index contributed by atoms with van der Waals surface area (Å²) in [5.74, 6) is 1.71. The molecule has 0 amide bonds. The first-order valence-electron chi connectivity index (χ1n) is 9.96. The van der Waals surface area contributed by atoms with Crippen LogP contribution in [0, 0.1) is 0 Å². The third kappa shape index (κ3) is 5.38. The van der Waals surface area contributed by atoms with Gasteiger partial charge in [0, 0.05) is 41.3 Å². The van der Waals surface area contributed by atoms with E-state index < -0.39 is 0 Å². The van der Waals surface area contributed by atoms with Gasteiger partial charge in [0.2, 0.25) is 0 Å². The number of thioether (sulfide) groups is 1. The van der Waals surface area contributed by atoms with Crippen LogP contribution in [0.25, 0.3) is 5.82 Å². The molecule has 7 heteroatoms. The van der Waals surface area contributed by atoms with E-state index in [1.165, 1.54) is 17.7 Å². The van der Waals surface area contributed by atoms with Crippen LogP contribution in [0.4, 0.5) is 0 Å². The van der Waals surface area contributed by atoms with E-state index in [2.05, 4.69) is 57.9 Å². The van der Waals surface area contributed by atoms with Crippen molar-refractivity contribution in [2.75, 3.05) is 13.1 Å². The van der Waals surface area contributed by atoms with Crippen molar-refractivity contribution in [1.29, 1.82) is 0 Å². The average molecular weight is 407 g/mol. The molecule has 150 valence electrons. The molecule has 0 spiro atoms. The number of aromatic nitrogens is 3. The molecule has 0 unspecified atom stereocenters. The SMILES string of the molecule is CCNC(=NCc1ccnc(-n2ccnc2)c1)NCC1(Sc2ccccc2)CC1. The maximum absolute atomic E-state index is 4.78. The number of nitrogens with zero attached hydrogens (tertiary/aromatic N) is 4. The van der Waals surface area contributed by atoms with Gasteiger partial charge in [0.05, 0.1) is 6.54 Å². The molecule has 3 aromatic rings. The zero-order valence-corrected chi connectivity index (χ0v) is 17.4. The molecular formula is C22H26N6S. The van der Waals surface area contributed by atoms with Crippen molar-refractivity contribution in [3.05, 3.63) is 72.9 Å². The summed E-state index contributed by atoms with van der Waals surface area (Å²) in [6.45, 7) is 4.43. The molecule has 0 bridgehead atoms. The van der Waals surface area contributed by atoms with Gasteiger partial charge in [-0.15, -0.1) is 11.8 Å². The second-order valence-corrected chi connectivity index (χ2v) is 8.68. The molecule has 29 heavy (non-hydrogen) atoms. The summed E-state index contributed by atoms with van der Waals surface area (Å²) >= 11 is 1.97. The van der Waals surface area contributed by atoms with Gasteiger partial charge in [-0.1, -0.05) is 18.2 Å². The second-order valence-electron chi connectivity index (χ2n) is 7.14. The van der Waals surface area contributed by atoms with E-state index in [9.17, 15) is 0 Å². The minimum Gasteiger partial charge on any atom is -0.357 e. The van der Waals surface area contributed by atoms with Crippen molar-refractivity contribution in [2.24, 2.45) is 4.99 Å². The zero-order chi connectivity index (χ0) is 19.9. The fraction of sp³-hybridized carbons (Fsp3) is 0.318. The molecule has 0 aliphatic heterocycles. The van der Waals surface area contributed by atoms with Crippen LogP contribution in [0.2, 0.25) is 0 Å². The fourth-order valence-corrected chi connectivity index (χ4v) is 4.29. The largest absolute Gasteiger partial charge is 0.357 e. The van der Waals surface area contributed by atoms with E-state index in [-0.39, 0.29) is 4.75 Å². The second kappa shape index (κ2) is 9.13. The summed E-state index contributed by atoms with van der Waals surface area (Å²) in [4.78, 5) is 14.6. The number of nitrogens with one attached hydrogen (secondary N) is 2. The van der Waals surface area contributed by atoms with E-state index in [1.807, 2.05) is 40.9 Å². The minimum atomic E-state index is 0.281. The zero-order valence-electron chi connectivity index (χ0n) is 16.6. The van der Waals surface area contributed by atoms with Crippen LogP contribution in [-0.2, 0) is 6.54 Å². The Bertz CT molecular complexity index is 935. The van der Waals surface area contributed by atoms with E-state index in [0.29, 0.717) is 6.54 Å². The molecule has 0 saturated heterocycles. The van der Waals surface area contributed by atoms with Crippen LogP contribution in [0.15, 0.2) is 77.3 Å². The average Bonchev–Trinajstić information content (AvgIpc) is 3.29. The van der Waals surface area contributed by atoms with E-state index >= 15 is 0 Å². The third-order valence-corrected chi connectivity index (χ3v) is 6.30. The number of rotatable bonds is 8. The summed E-state index contributed by atoms with van der Waals surface area (Å²) < 4.78 is 2.18. The molecule has 1 fully saturated rings. The Hall–Kier alpha value is -2.80. The Morgan fingerprint density at radius 3 is 2.76 bits per heavy atom. The number of hydrogen-bond acceptors (Lipinski definition) is 4. The van der Waals surface area contributed by atoms with E-state index in [1.54, 1.807) is 12.5 Å². The van der Waals surface area contributed by atoms with Crippen LogP contribution in [0.3, 0.4) is 0 Å². The summed E-state index contributed by atoms with van der Waals surface area (Å²) in [6, 6.07) is 14.7. The Kier molecular flexibility index (Phi) is 6.14. The fourth-order valence-electron chi connectivity index (χ4n) is 3.04. The number of hydrogen-bond donors (Lipinski definition) is 2. The van der Waals surface area contributed by atoms with Gasteiger partial charge in [-0.2, -0.15) is 0 Å². The van der Waals surface area contributed by atoms with Crippen molar-refractivity contribution >= 4 is 17.7 Å². The van der Waals surface area contributed by atoms with Crippen molar-refractivity contribution in [3.63, 3.8) is 0 Å². The number of pyridine rings is 1. The van der Waals surface area contributed by atoms with Gasteiger partial charge in [0.25, 0.3) is 0 Å². The smallest absolute Gasteiger partial charge is 0.191 e. The highest BCUT2D eigenvalue weighted by molar-refractivity contribution is 8.01. The third-order valence-electron chi connectivity index (χ3n) is 4.81. The lowest BCUT2D eigenvalue weighted by molar-refractivity contribution is 0.769. The highest BCUT2D eigenvalue weighted by atomic mass is 32.2. The van der Waals surface area contributed by atoms with Crippen LogP contribution in [0.5, 0.6) is 0 Å². The predicted octanol–water partition coefficient (Wildman–Crippen LogP) is 3.65. The molecule has 1 saturated carbocycles. The minimum absolute atomic E-state index is 0.281.